The summed E-state index contributed by atoms with van der Waals surface area (Å²) in [5, 5.41) is 2.73. The Balaban J connectivity index is 1.71. The molecular weight excluding hydrogens is 337 g/mol. The molecule has 0 saturated carbocycles. The summed E-state index contributed by atoms with van der Waals surface area (Å²) in [6.45, 7) is 0.281. The summed E-state index contributed by atoms with van der Waals surface area (Å²) in [4.78, 5) is 36.6. The zero-order valence-corrected chi connectivity index (χ0v) is 14.0. The van der Waals surface area contributed by atoms with Gasteiger partial charge in [0.15, 0.2) is 0 Å². The van der Waals surface area contributed by atoms with E-state index >= 15 is 0 Å². The van der Waals surface area contributed by atoms with Gasteiger partial charge in [0.2, 0.25) is 0 Å². The van der Waals surface area contributed by atoms with Gasteiger partial charge >= 0.3 is 0 Å². The SMILES string of the molecule is Cn1c(CCNC(=O)c2ccc(F)cc2)nc(-c2ccncn2)cc1=O. The zero-order valence-electron chi connectivity index (χ0n) is 14.0. The smallest absolute Gasteiger partial charge is 0.253 e. The summed E-state index contributed by atoms with van der Waals surface area (Å²) in [7, 11) is 1.62. The van der Waals surface area contributed by atoms with Gasteiger partial charge in [-0.2, -0.15) is 0 Å². The first-order chi connectivity index (χ1) is 12.5. The van der Waals surface area contributed by atoms with Crippen molar-refractivity contribution in [3.8, 4) is 11.4 Å². The first-order valence-corrected chi connectivity index (χ1v) is 7.91. The summed E-state index contributed by atoms with van der Waals surface area (Å²) >= 11 is 0. The Bertz CT molecular complexity index is 971. The molecule has 26 heavy (non-hydrogen) atoms. The molecule has 0 spiro atoms. The average Bonchev–Trinajstić information content (AvgIpc) is 2.66. The summed E-state index contributed by atoms with van der Waals surface area (Å²) < 4.78 is 14.3. The van der Waals surface area contributed by atoms with Crippen LogP contribution in [0.3, 0.4) is 0 Å². The van der Waals surface area contributed by atoms with Crippen molar-refractivity contribution in [3.63, 3.8) is 0 Å². The quantitative estimate of drug-likeness (QED) is 0.748. The number of carbonyl (C=O) groups is 1. The third kappa shape index (κ3) is 3.97. The van der Waals surface area contributed by atoms with Crippen LogP contribution in [0.5, 0.6) is 0 Å². The van der Waals surface area contributed by atoms with E-state index in [1.165, 1.54) is 41.2 Å². The van der Waals surface area contributed by atoms with Crippen LogP contribution < -0.4 is 10.9 Å². The number of rotatable bonds is 5. The molecule has 0 radical (unpaired) electrons. The fourth-order valence-corrected chi connectivity index (χ4v) is 2.38. The second kappa shape index (κ2) is 7.64. The Morgan fingerprint density at radius 1 is 1.19 bits per heavy atom. The van der Waals surface area contributed by atoms with Crippen molar-refractivity contribution in [2.24, 2.45) is 7.05 Å². The van der Waals surface area contributed by atoms with Crippen molar-refractivity contribution in [2.45, 2.75) is 6.42 Å². The van der Waals surface area contributed by atoms with Gasteiger partial charge in [-0.3, -0.25) is 14.2 Å². The molecule has 2 heterocycles. The summed E-state index contributed by atoms with van der Waals surface area (Å²) in [6, 6.07) is 8.35. The van der Waals surface area contributed by atoms with Crippen LogP contribution in [0.1, 0.15) is 16.2 Å². The molecule has 0 aliphatic carbocycles. The lowest BCUT2D eigenvalue weighted by molar-refractivity contribution is 0.0954. The third-order valence-corrected chi connectivity index (χ3v) is 3.81. The predicted octanol–water partition coefficient (Wildman–Crippen LogP) is 1.35. The largest absolute Gasteiger partial charge is 0.352 e. The van der Waals surface area contributed by atoms with Gasteiger partial charge in [0.25, 0.3) is 11.5 Å². The minimum absolute atomic E-state index is 0.214. The Morgan fingerprint density at radius 2 is 1.96 bits per heavy atom. The topological polar surface area (TPSA) is 89.8 Å². The molecule has 1 N–H and O–H groups in total. The Labute approximate surface area is 148 Å². The van der Waals surface area contributed by atoms with Gasteiger partial charge in [-0.1, -0.05) is 0 Å². The lowest BCUT2D eigenvalue weighted by atomic mass is 10.2. The van der Waals surface area contributed by atoms with E-state index in [1.54, 1.807) is 19.3 Å². The van der Waals surface area contributed by atoms with Crippen LogP contribution >= 0.6 is 0 Å². The van der Waals surface area contributed by atoms with Crippen LogP contribution in [0.15, 0.2) is 53.7 Å². The van der Waals surface area contributed by atoms with Crippen molar-refractivity contribution in [3.05, 3.63) is 76.5 Å². The van der Waals surface area contributed by atoms with Crippen LogP contribution in [-0.2, 0) is 13.5 Å². The van der Waals surface area contributed by atoms with E-state index in [-0.39, 0.29) is 18.0 Å². The molecule has 3 aromatic rings. The number of halogens is 1. The monoisotopic (exact) mass is 353 g/mol. The van der Waals surface area contributed by atoms with E-state index in [9.17, 15) is 14.0 Å². The van der Waals surface area contributed by atoms with Gasteiger partial charge in [0.05, 0.1) is 11.4 Å². The molecule has 2 aromatic heterocycles. The summed E-state index contributed by atoms with van der Waals surface area (Å²) in [6.07, 6.45) is 3.32. The predicted molar refractivity (Wildman–Crippen MR) is 92.9 cm³/mol. The van der Waals surface area contributed by atoms with Gasteiger partial charge in [-0.05, 0) is 30.3 Å². The second-order valence-corrected chi connectivity index (χ2v) is 5.56. The fraction of sp³-hybridized carbons (Fsp3) is 0.167. The molecule has 0 aliphatic rings. The molecule has 0 atom stereocenters. The highest BCUT2D eigenvalue weighted by Gasteiger charge is 2.10. The highest BCUT2D eigenvalue weighted by atomic mass is 19.1. The standard InChI is InChI=1S/C18H16FN5O2/c1-24-16(7-9-21-18(26)12-2-4-13(19)5-3-12)23-15(10-17(24)25)14-6-8-20-11-22-14/h2-6,8,10-11H,7,9H2,1H3,(H,21,26). The summed E-state index contributed by atoms with van der Waals surface area (Å²) in [5.74, 6) is -0.199. The Kier molecular flexibility index (Phi) is 5.12. The Morgan fingerprint density at radius 3 is 2.65 bits per heavy atom. The van der Waals surface area contributed by atoms with E-state index < -0.39 is 5.82 Å². The highest BCUT2D eigenvalue weighted by molar-refractivity contribution is 5.94. The number of carbonyl (C=O) groups excluding carboxylic acids is 1. The van der Waals surface area contributed by atoms with Crippen molar-refractivity contribution in [1.82, 2.24) is 24.8 Å². The van der Waals surface area contributed by atoms with Crippen molar-refractivity contribution in [1.29, 1.82) is 0 Å². The molecule has 0 saturated heterocycles. The van der Waals surface area contributed by atoms with Gasteiger partial charge < -0.3 is 5.32 Å². The van der Waals surface area contributed by atoms with Crippen LogP contribution in [0.4, 0.5) is 4.39 Å². The molecule has 3 rings (SSSR count). The van der Waals surface area contributed by atoms with E-state index in [0.717, 1.165) is 0 Å². The molecule has 0 aliphatic heterocycles. The van der Waals surface area contributed by atoms with Crippen molar-refractivity contribution < 1.29 is 9.18 Å². The molecule has 0 fully saturated rings. The van der Waals surface area contributed by atoms with E-state index in [0.29, 0.717) is 29.2 Å². The van der Waals surface area contributed by atoms with Gasteiger partial charge in [0, 0.05) is 37.8 Å². The van der Waals surface area contributed by atoms with E-state index in [2.05, 4.69) is 20.3 Å². The van der Waals surface area contributed by atoms with Crippen LogP contribution in [0.2, 0.25) is 0 Å². The minimum atomic E-state index is -0.401. The molecule has 8 heteroatoms. The first kappa shape index (κ1) is 17.4. The summed E-state index contributed by atoms with van der Waals surface area (Å²) in [5.41, 5.74) is 1.15. The van der Waals surface area contributed by atoms with Crippen molar-refractivity contribution in [2.75, 3.05) is 6.54 Å². The average molecular weight is 353 g/mol. The lowest BCUT2D eigenvalue weighted by Crippen LogP contribution is -2.29. The van der Waals surface area contributed by atoms with Crippen LogP contribution in [0, 0.1) is 5.82 Å². The fourth-order valence-electron chi connectivity index (χ4n) is 2.38. The number of nitrogens with one attached hydrogen (secondary N) is 1. The number of amides is 1. The molecule has 1 amide bonds. The molecule has 1 aromatic carbocycles. The normalized spacial score (nSPS) is 10.5. The number of aromatic nitrogens is 4. The molecule has 132 valence electrons. The zero-order chi connectivity index (χ0) is 18.5. The maximum absolute atomic E-state index is 12.9. The number of hydrogen-bond donors (Lipinski definition) is 1. The number of nitrogens with zero attached hydrogens (tertiary/aromatic N) is 4. The lowest BCUT2D eigenvalue weighted by Gasteiger charge is -2.10. The Hall–Kier alpha value is -3.42. The number of benzene rings is 1. The van der Waals surface area contributed by atoms with Gasteiger partial charge in [-0.25, -0.2) is 19.3 Å². The highest BCUT2D eigenvalue weighted by Crippen LogP contribution is 2.11. The molecule has 0 unspecified atom stereocenters. The van der Waals surface area contributed by atoms with Crippen molar-refractivity contribution >= 4 is 5.91 Å². The van der Waals surface area contributed by atoms with E-state index in [4.69, 9.17) is 0 Å². The van der Waals surface area contributed by atoms with Crippen LogP contribution in [0.25, 0.3) is 11.4 Å². The van der Waals surface area contributed by atoms with E-state index in [1.807, 2.05) is 0 Å². The van der Waals surface area contributed by atoms with Gasteiger partial charge in [0.1, 0.15) is 18.0 Å². The van der Waals surface area contributed by atoms with Gasteiger partial charge in [-0.15, -0.1) is 0 Å². The van der Waals surface area contributed by atoms with Crippen LogP contribution in [-0.4, -0.2) is 32.0 Å². The first-order valence-electron chi connectivity index (χ1n) is 7.91. The second-order valence-electron chi connectivity index (χ2n) is 5.56. The molecular formula is C18H16FN5O2. The third-order valence-electron chi connectivity index (χ3n) is 3.81. The molecule has 0 bridgehead atoms. The minimum Gasteiger partial charge on any atom is -0.352 e. The number of hydrogen-bond acceptors (Lipinski definition) is 5. The maximum atomic E-state index is 12.9. The maximum Gasteiger partial charge on any atom is 0.253 e. The molecule has 7 nitrogen and oxygen atoms in total.